The summed E-state index contributed by atoms with van der Waals surface area (Å²) in [5.74, 6) is -1.22. The molecule has 1 fully saturated rings. The lowest BCUT2D eigenvalue weighted by Crippen LogP contribution is -2.45. The van der Waals surface area contributed by atoms with Crippen LogP contribution in [0.3, 0.4) is 0 Å². The van der Waals surface area contributed by atoms with Gasteiger partial charge >= 0.3 is 6.18 Å². The van der Waals surface area contributed by atoms with E-state index in [1.165, 1.54) is 18.2 Å². The molecule has 0 saturated carbocycles. The highest BCUT2D eigenvalue weighted by Gasteiger charge is 2.34. The number of benzene rings is 1. The maximum atomic E-state index is 13.8. The number of alkyl halides is 3. The van der Waals surface area contributed by atoms with Crippen molar-refractivity contribution in [2.24, 2.45) is 0 Å². The molecule has 2 rings (SSSR count). The van der Waals surface area contributed by atoms with Crippen LogP contribution < -0.4 is 5.32 Å². The van der Waals surface area contributed by atoms with Crippen molar-refractivity contribution in [3.05, 3.63) is 35.1 Å². The third-order valence-electron chi connectivity index (χ3n) is 3.68. The summed E-state index contributed by atoms with van der Waals surface area (Å²) >= 11 is 0. The first-order chi connectivity index (χ1) is 10.8. The van der Waals surface area contributed by atoms with E-state index in [9.17, 15) is 22.4 Å². The first-order valence-corrected chi connectivity index (χ1v) is 7.07. The van der Waals surface area contributed by atoms with Crippen LogP contribution in [0, 0.1) is 17.1 Å². The molecule has 4 nitrogen and oxygen atoms in total. The average molecular weight is 329 g/mol. The highest BCUT2D eigenvalue weighted by molar-refractivity contribution is 5.82. The second-order valence-electron chi connectivity index (χ2n) is 5.38. The number of likely N-dealkylation sites (tertiary alicyclic amines) is 1. The smallest absolute Gasteiger partial charge is 0.346 e. The maximum absolute atomic E-state index is 13.8. The summed E-state index contributed by atoms with van der Waals surface area (Å²) in [5.41, 5.74) is 0.540. The molecule has 1 aromatic carbocycles. The second kappa shape index (κ2) is 6.96. The predicted octanol–water partition coefficient (Wildman–Crippen LogP) is 2.34. The number of carbonyl (C=O) groups excluding carboxylic acids is 1. The van der Waals surface area contributed by atoms with Gasteiger partial charge in [0.05, 0.1) is 17.7 Å². The van der Waals surface area contributed by atoms with Crippen LogP contribution in [0.15, 0.2) is 18.2 Å². The van der Waals surface area contributed by atoms with E-state index >= 15 is 0 Å². The van der Waals surface area contributed by atoms with E-state index in [1.54, 1.807) is 4.90 Å². The van der Waals surface area contributed by atoms with Crippen molar-refractivity contribution in [3.63, 3.8) is 0 Å². The van der Waals surface area contributed by atoms with Gasteiger partial charge < -0.3 is 5.32 Å². The summed E-state index contributed by atoms with van der Waals surface area (Å²) < 4.78 is 50.3. The van der Waals surface area contributed by atoms with Gasteiger partial charge in [-0.15, -0.1) is 0 Å². The van der Waals surface area contributed by atoms with Crippen molar-refractivity contribution in [1.29, 1.82) is 5.26 Å². The Morgan fingerprint density at radius 3 is 2.83 bits per heavy atom. The largest absolute Gasteiger partial charge is 0.405 e. The van der Waals surface area contributed by atoms with Gasteiger partial charge in [-0.3, -0.25) is 9.69 Å². The van der Waals surface area contributed by atoms with Gasteiger partial charge in [0, 0.05) is 12.1 Å². The molecule has 1 aromatic rings. The summed E-state index contributed by atoms with van der Waals surface area (Å²) in [6.45, 7) is -0.819. The van der Waals surface area contributed by atoms with Crippen LogP contribution in [0.1, 0.15) is 24.0 Å². The second-order valence-corrected chi connectivity index (χ2v) is 5.38. The molecule has 1 aliphatic rings. The molecule has 1 amide bonds. The zero-order valence-electron chi connectivity index (χ0n) is 12.2. The lowest BCUT2D eigenvalue weighted by atomic mass is 10.1. The highest BCUT2D eigenvalue weighted by Crippen LogP contribution is 2.22. The average Bonchev–Trinajstić information content (AvgIpc) is 2.94. The first-order valence-electron chi connectivity index (χ1n) is 7.07. The molecule has 0 spiro atoms. The molecule has 23 heavy (non-hydrogen) atoms. The number of rotatable bonds is 4. The lowest BCUT2D eigenvalue weighted by molar-refractivity contribution is -0.141. The van der Waals surface area contributed by atoms with Crippen LogP contribution in [0.25, 0.3) is 0 Å². The summed E-state index contributed by atoms with van der Waals surface area (Å²) in [7, 11) is 0. The molecule has 124 valence electrons. The summed E-state index contributed by atoms with van der Waals surface area (Å²) in [4.78, 5) is 13.5. The fourth-order valence-corrected chi connectivity index (χ4v) is 2.60. The Morgan fingerprint density at radius 2 is 2.17 bits per heavy atom. The Morgan fingerprint density at radius 1 is 1.43 bits per heavy atom. The van der Waals surface area contributed by atoms with Crippen molar-refractivity contribution in [3.8, 4) is 6.07 Å². The monoisotopic (exact) mass is 329 g/mol. The SMILES string of the molecule is N#Cc1ccc(F)c(CN2CCCC2C(=O)NCC(F)(F)F)c1. The van der Waals surface area contributed by atoms with Crippen molar-refractivity contribution in [2.45, 2.75) is 31.6 Å². The molecule has 8 heteroatoms. The fourth-order valence-electron chi connectivity index (χ4n) is 2.60. The molecule has 1 N–H and O–H groups in total. The third-order valence-corrected chi connectivity index (χ3v) is 3.68. The van der Waals surface area contributed by atoms with Crippen molar-refractivity contribution in [1.82, 2.24) is 10.2 Å². The minimum absolute atomic E-state index is 0.0749. The van der Waals surface area contributed by atoms with Crippen molar-refractivity contribution < 1.29 is 22.4 Å². The van der Waals surface area contributed by atoms with Gasteiger partial charge in [-0.2, -0.15) is 18.4 Å². The van der Waals surface area contributed by atoms with Gasteiger partial charge in [-0.25, -0.2) is 4.39 Å². The number of carbonyl (C=O) groups is 1. The molecule has 1 atom stereocenters. The molecule has 1 unspecified atom stereocenters. The molecule has 1 aliphatic heterocycles. The van der Waals surface area contributed by atoms with E-state index in [4.69, 9.17) is 5.26 Å². The molecule has 1 saturated heterocycles. The minimum Gasteiger partial charge on any atom is -0.346 e. The van der Waals surface area contributed by atoms with Crippen molar-refractivity contribution >= 4 is 5.91 Å². The zero-order valence-corrected chi connectivity index (χ0v) is 12.2. The van der Waals surface area contributed by atoms with E-state index in [1.807, 2.05) is 11.4 Å². The molecule has 0 radical (unpaired) electrons. The number of hydrogen-bond donors (Lipinski definition) is 1. The molecular weight excluding hydrogens is 314 g/mol. The zero-order chi connectivity index (χ0) is 17.0. The Balaban J connectivity index is 2.05. The molecule has 1 heterocycles. The Bertz CT molecular complexity index is 624. The molecule has 0 bridgehead atoms. The van der Waals surface area contributed by atoms with Crippen LogP contribution >= 0.6 is 0 Å². The Hall–Kier alpha value is -2.14. The maximum Gasteiger partial charge on any atom is 0.405 e. The van der Waals surface area contributed by atoms with E-state index < -0.39 is 30.5 Å². The van der Waals surface area contributed by atoms with E-state index in [2.05, 4.69) is 0 Å². The van der Waals surface area contributed by atoms with Gasteiger partial charge in [-0.05, 0) is 37.6 Å². The lowest BCUT2D eigenvalue weighted by Gasteiger charge is -2.24. The molecule has 0 aromatic heterocycles. The van der Waals surface area contributed by atoms with Crippen LogP contribution in [0.5, 0.6) is 0 Å². The van der Waals surface area contributed by atoms with Crippen molar-refractivity contribution in [2.75, 3.05) is 13.1 Å². The Labute approximate surface area is 130 Å². The molecular formula is C15H15F4N3O. The van der Waals surface area contributed by atoms with Crippen LogP contribution in [0.4, 0.5) is 17.6 Å². The number of nitriles is 1. The summed E-state index contributed by atoms with van der Waals surface area (Å²) in [6, 6.07) is 5.08. The van der Waals surface area contributed by atoms with E-state index in [0.29, 0.717) is 24.9 Å². The molecule has 0 aliphatic carbocycles. The quantitative estimate of drug-likeness (QED) is 0.863. The fraction of sp³-hybridized carbons (Fsp3) is 0.467. The number of amides is 1. The number of halogens is 4. The van der Waals surface area contributed by atoms with E-state index in [-0.39, 0.29) is 12.1 Å². The number of nitrogens with one attached hydrogen (secondary N) is 1. The van der Waals surface area contributed by atoms with Gasteiger partial charge in [-0.1, -0.05) is 0 Å². The van der Waals surface area contributed by atoms with Crippen LogP contribution in [-0.4, -0.2) is 36.1 Å². The highest BCUT2D eigenvalue weighted by atomic mass is 19.4. The minimum atomic E-state index is -4.47. The van der Waals surface area contributed by atoms with Gasteiger partial charge in [0.25, 0.3) is 0 Å². The third kappa shape index (κ3) is 4.66. The van der Waals surface area contributed by atoms with E-state index in [0.717, 1.165) is 0 Å². The topological polar surface area (TPSA) is 56.1 Å². The van der Waals surface area contributed by atoms with Gasteiger partial charge in [0.2, 0.25) is 5.91 Å². The number of nitrogens with zero attached hydrogens (tertiary/aromatic N) is 2. The summed E-state index contributed by atoms with van der Waals surface area (Å²) in [6.07, 6.45) is -3.40. The van der Waals surface area contributed by atoms with Gasteiger partial charge in [0.1, 0.15) is 12.4 Å². The van der Waals surface area contributed by atoms with Crippen LogP contribution in [0.2, 0.25) is 0 Å². The van der Waals surface area contributed by atoms with Gasteiger partial charge in [0.15, 0.2) is 0 Å². The standard InChI is InChI=1S/C15H15F4N3O/c16-12-4-3-10(7-20)6-11(12)8-22-5-1-2-13(22)14(23)21-9-15(17,18)19/h3-4,6,13H,1-2,5,8-9H2,(H,21,23). The Kier molecular flexibility index (Phi) is 5.21. The number of hydrogen-bond acceptors (Lipinski definition) is 3. The van der Waals surface area contributed by atoms with Crippen LogP contribution in [-0.2, 0) is 11.3 Å². The first kappa shape index (κ1) is 17.2. The normalized spacial score (nSPS) is 18.7. The predicted molar refractivity (Wildman–Crippen MR) is 73.6 cm³/mol. The summed E-state index contributed by atoms with van der Waals surface area (Å²) in [5, 5.41) is 10.7.